The molecule has 8 atom stereocenters. The maximum absolute atomic E-state index is 12.3. The summed E-state index contributed by atoms with van der Waals surface area (Å²) in [4.78, 5) is 36.4. The molecule has 0 aromatic rings. The highest BCUT2D eigenvalue weighted by molar-refractivity contribution is 5.75. The van der Waals surface area contributed by atoms with Crippen LogP contribution in [0, 0.1) is 34.0 Å². The van der Waals surface area contributed by atoms with Crippen LogP contribution in [0.15, 0.2) is 12.2 Å². The molecule has 30 heavy (non-hydrogen) atoms. The molecule has 6 heteroatoms. The number of carboxylic acid groups (broad SMARTS) is 1. The smallest absolute Gasteiger partial charge is 0.309 e. The van der Waals surface area contributed by atoms with E-state index in [2.05, 4.69) is 13.5 Å². The summed E-state index contributed by atoms with van der Waals surface area (Å²) in [5, 5.41) is 10.1. The van der Waals surface area contributed by atoms with E-state index in [4.69, 9.17) is 9.47 Å². The molecule has 1 N–H and O–H groups in total. The summed E-state index contributed by atoms with van der Waals surface area (Å²) >= 11 is 0. The Hall–Kier alpha value is -1.85. The Morgan fingerprint density at radius 2 is 1.73 bits per heavy atom. The van der Waals surface area contributed by atoms with Gasteiger partial charge in [-0.1, -0.05) is 19.9 Å². The molecule has 4 saturated carbocycles. The molecule has 0 amide bonds. The fraction of sp³-hybridized carbons (Fsp3) is 0.792. The molecule has 4 aliphatic rings. The van der Waals surface area contributed by atoms with Crippen molar-refractivity contribution >= 4 is 17.9 Å². The molecular weight excluding hydrogens is 384 g/mol. The van der Waals surface area contributed by atoms with Crippen LogP contribution in [-0.2, 0) is 23.9 Å². The largest absolute Gasteiger partial charge is 0.481 e. The Balaban J connectivity index is 1.85. The van der Waals surface area contributed by atoms with Crippen molar-refractivity contribution < 1.29 is 29.0 Å². The highest BCUT2D eigenvalue weighted by Crippen LogP contribution is 2.73. The molecule has 166 valence electrons. The predicted octanol–water partition coefficient (Wildman–Crippen LogP) is 4.12. The van der Waals surface area contributed by atoms with Gasteiger partial charge in [0.15, 0.2) is 0 Å². The number of fused-ring (bicyclic) bond motifs is 3. The molecule has 4 aliphatic carbocycles. The molecule has 0 saturated heterocycles. The van der Waals surface area contributed by atoms with Crippen molar-refractivity contribution in [3.05, 3.63) is 12.2 Å². The van der Waals surface area contributed by atoms with E-state index in [1.54, 1.807) is 0 Å². The summed E-state index contributed by atoms with van der Waals surface area (Å²) < 4.78 is 11.8. The van der Waals surface area contributed by atoms with Gasteiger partial charge >= 0.3 is 17.9 Å². The molecule has 1 spiro atoms. The number of carboxylic acids is 1. The zero-order valence-electron chi connectivity index (χ0n) is 18.5. The number of esters is 2. The van der Waals surface area contributed by atoms with E-state index >= 15 is 0 Å². The van der Waals surface area contributed by atoms with Gasteiger partial charge in [0, 0.05) is 25.2 Å². The van der Waals surface area contributed by atoms with Gasteiger partial charge in [0.1, 0.15) is 12.2 Å². The number of carbonyl (C=O) groups excluding carboxylic acids is 2. The molecule has 0 radical (unpaired) electrons. The lowest BCUT2D eigenvalue weighted by atomic mass is 9.40. The third-order valence-corrected chi connectivity index (χ3v) is 9.19. The average Bonchev–Trinajstić information content (AvgIpc) is 2.81. The van der Waals surface area contributed by atoms with E-state index in [1.165, 1.54) is 13.8 Å². The van der Waals surface area contributed by atoms with Crippen LogP contribution in [0.4, 0.5) is 0 Å². The Morgan fingerprint density at radius 1 is 1.07 bits per heavy atom. The molecule has 4 rings (SSSR count). The minimum absolute atomic E-state index is 0.00618. The van der Waals surface area contributed by atoms with Crippen LogP contribution in [0.25, 0.3) is 0 Å². The lowest BCUT2D eigenvalue weighted by molar-refractivity contribution is -0.223. The molecule has 2 bridgehead atoms. The van der Waals surface area contributed by atoms with Gasteiger partial charge in [-0.25, -0.2) is 0 Å². The SMILES string of the molecule is C=C1[C@@H]2C[C@H](OC(C)=O)C3[C@]4(C)CCC[C@@](C)(C(=O)O)C4CC[C@@]3(C2)[C@@H]1OC(C)=O. The topological polar surface area (TPSA) is 89.9 Å². The van der Waals surface area contributed by atoms with E-state index in [0.29, 0.717) is 12.8 Å². The van der Waals surface area contributed by atoms with Crippen molar-refractivity contribution in [2.45, 2.75) is 84.8 Å². The van der Waals surface area contributed by atoms with Crippen LogP contribution in [0.5, 0.6) is 0 Å². The maximum Gasteiger partial charge on any atom is 0.309 e. The molecule has 0 aliphatic heterocycles. The van der Waals surface area contributed by atoms with E-state index in [1.807, 2.05) is 6.92 Å². The van der Waals surface area contributed by atoms with Gasteiger partial charge in [-0.15, -0.1) is 0 Å². The van der Waals surface area contributed by atoms with Gasteiger partial charge in [-0.2, -0.15) is 0 Å². The number of carbonyl (C=O) groups is 3. The first-order valence-electron chi connectivity index (χ1n) is 11.2. The summed E-state index contributed by atoms with van der Waals surface area (Å²) in [5.41, 5.74) is -0.506. The number of ether oxygens (including phenoxy) is 2. The lowest BCUT2D eigenvalue weighted by Gasteiger charge is -2.64. The van der Waals surface area contributed by atoms with Crippen LogP contribution in [0.1, 0.15) is 72.6 Å². The number of hydrogen-bond donors (Lipinski definition) is 1. The fourth-order valence-corrected chi connectivity index (χ4v) is 8.35. The summed E-state index contributed by atoms with van der Waals surface area (Å²) in [6, 6.07) is 0. The van der Waals surface area contributed by atoms with Crippen LogP contribution in [-0.4, -0.2) is 35.2 Å². The lowest BCUT2D eigenvalue weighted by Crippen LogP contribution is -2.64. The van der Waals surface area contributed by atoms with E-state index in [9.17, 15) is 19.5 Å². The molecular formula is C24H34O6. The van der Waals surface area contributed by atoms with Crippen molar-refractivity contribution in [1.29, 1.82) is 0 Å². The zero-order valence-corrected chi connectivity index (χ0v) is 18.5. The van der Waals surface area contributed by atoms with Crippen molar-refractivity contribution in [1.82, 2.24) is 0 Å². The molecule has 0 aromatic heterocycles. The Labute approximate surface area is 178 Å². The Bertz CT molecular complexity index is 804. The first-order chi connectivity index (χ1) is 14.0. The quantitative estimate of drug-likeness (QED) is 0.548. The monoisotopic (exact) mass is 418 g/mol. The van der Waals surface area contributed by atoms with E-state index in [-0.39, 0.29) is 52.7 Å². The second-order valence-corrected chi connectivity index (χ2v) is 10.7. The van der Waals surface area contributed by atoms with Gasteiger partial charge < -0.3 is 14.6 Å². The maximum atomic E-state index is 12.3. The standard InChI is InChI=1S/C24H34O6/c1-13-16-11-17(29-14(2)25)19-22(4)8-6-9-23(5,21(27)28)18(22)7-10-24(19,12-16)20(13)30-15(3)26/h16-20H,1,6-12H2,2-5H3,(H,27,28)/t16-,17+,18?,19?,20-,22-,23-,24+/m1/s1. The Kier molecular flexibility index (Phi) is 4.87. The fourth-order valence-electron chi connectivity index (χ4n) is 8.35. The minimum Gasteiger partial charge on any atom is -0.481 e. The summed E-state index contributed by atoms with van der Waals surface area (Å²) in [6.07, 6.45) is 4.80. The molecule has 2 unspecified atom stereocenters. The summed E-state index contributed by atoms with van der Waals surface area (Å²) in [7, 11) is 0. The predicted molar refractivity (Wildman–Crippen MR) is 109 cm³/mol. The number of rotatable bonds is 3. The normalized spacial score (nSPS) is 47.1. The van der Waals surface area contributed by atoms with E-state index in [0.717, 1.165) is 37.7 Å². The Morgan fingerprint density at radius 3 is 2.33 bits per heavy atom. The third kappa shape index (κ3) is 2.78. The number of hydrogen-bond acceptors (Lipinski definition) is 5. The van der Waals surface area contributed by atoms with Crippen molar-refractivity contribution in [2.24, 2.45) is 34.0 Å². The zero-order chi connectivity index (χ0) is 22.1. The van der Waals surface area contributed by atoms with Gasteiger partial charge in [0.25, 0.3) is 0 Å². The molecule has 0 aromatic carbocycles. The van der Waals surface area contributed by atoms with Crippen LogP contribution in [0.3, 0.4) is 0 Å². The van der Waals surface area contributed by atoms with Crippen molar-refractivity contribution in [3.63, 3.8) is 0 Å². The summed E-state index contributed by atoms with van der Waals surface area (Å²) in [5.74, 6) is -1.27. The highest BCUT2D eigenvalue weighted by atomic mass is 16.6. The van der Waals surface area contributed by atoms with E-state index < -0.39 is 11.4 Å². The van der Waals surface area contributed by atoms with Crippen LogP contribution >= 0.6 is 0 Å². The van der Waals surface area contributed by atoms with Crippen LogP contribution < -0.4 is 0 Å². The van der Waals surface area contributed by atoms with Crippen LogP contribution in [0.2, 0.25) is 0 Å². The second kappa shape index (κ2) is 6.83. The molecule has 0 heterocycles. The third-order valence-electron chi connectivity index (χ3n) is 9.19. The second-order valence-electron chi connectivity index (χ2n) is 10.7. The van der Waals surface area contributed by atoms with Gasteiger partial charge in [0.2, 0.25) is 0 Å². The number of aliphatic carboxylic acids is 1. The van der Waals surface area contributed by atoms with Gasteiger partial charge in [-0.3, -0.25) is 14.4 Å². The van der Waals surface area contributed by atoms with Crippen molar-refractivity contribution in [3.8, 4) is 0 Å². The average molecular weight is 419 g/mol. The first-order valence-corrected chi connectivity index (χ1v) is 11.2. The van der Waals surface area contributed by atoms with Gasteiger partial charge in [-0.05, 0) is 68.3 Å². The molecule has 4 fully saturated rings. The highest BCUT2D eigenvalue weighted by Gasteiger charge is 2.71. The first kappa shape index (κ1) is 21.4. The minimum atomic E-state index is -0.793. The van der Waals surface area contributed by atoms with Crippen molar-refractivity contribution in [2.75, 3.05) is 0 Å². The summed E-state index contributed by atoms with van der Waals surface area (Å²) in [6.45, 7) is 11.3. The molecule has 6 nitrogen and oxygen atoms in total. The van der Waals surface area contributed by atoms with Gasteiger partial charge in [0.05, 0.1) is 5.41 Å².